The highest BCUT2D eigenvalue weighted by atomic mass is 16.4. The third-order valence-corrected chi connectivity index (χ3v) is 2.78. The molecule has 0 aromatic carbocycles. The van der Waals surface area contributed by atoms with E-state index in [4.69, 9.17) is 5.11 Å². The summed E-state index contributed by atoms with van der Waals surface area (Å²) in [4.78, 5) is 30.4. The number of aromatic nitrogens is 4. The summed E-state index contributed by atoms with van der Waals surface area (Å²) in [6.45, 7) is 3.60. The van der Waals surface area contributed by atoms with Gasteiger partial charge in [0.2, 0.25) is 5.91 Å². The molecule has 0 spiro atoms. The number of hydrogen-bond acceptors (Lipinski definition) is 5. The molecule has 0 aliphatic rings. The van der Waals surface area contributed by atoms with Crippen molar-refractivity contribution in [2.45, 2.75) is 20.3 Å². The summed E-state index contributed by atoms with van der Waals surface area (Å²) >= 11 is 0. The smallest absolute Gasteiger partial charge is 0.358 e. The lowest BCUT2D eigenvalue weighted by atomic mass is 10.1. The third kappa shape index (κ3) is 2.79. The van der Waals surface area contributed by atoms with Crippen molar-refractivity contribution in [3.63, 3.8) is 0 Å². The third-order valence-electron chi connectivity index (χ3n) is 2.78. The monoisotopic (exact) mass is 275 g/mol. The summed E-state index contributed by atoms with van der Waals surface area (Å²) in [7, 11) is 0. The van der Waals surface area contributed by atoms with Gasteiger partial charge in [0.05, 0.1) is 12.1 Å². The fraction of sp³-hybridized carbons (Fsp3) is 0.250. The van der Waals surface area contributed by atoms with Crippen molar-refractivity contribution in [2.75, 3.05) is 5.32 Å². The number of aromatic amines is 1. The first-order chi connectivity index (χ1) is 9.49. The molecular formula is C12H13N5O3. The SMILES string of the molecule is Cc1n[nH]c(C)c1CC(=O)Nc1nccnc1C(=O)O. The largest absolute Gasteiger partial charge is 0.476 e. The lowest BCUT2D eigenvalue weighted by Crippen LogP contribution is -2.19. The van der Waals surface area contributed by atoms with Crippen LogP contribution < -0.4 is 5.32 Å². The predicted molar refractivity (Wildman–Crippen MR) is 69.4 cm³/mol. The minimum absolute atomic E-state index is 0.0659. The van der Waals surface area contributed by atoms with Crippen molar-refractivity contribution in [1.29, 1.82) is 0 Å². The summed E-state index contributed by atoms with van der Waals surface area (Å²) in [6.07, 6.45) is 2.66. The van der Waals surface area contributed by atoms with Gasteiger partial charge in [-0.2, -0.15) is 5.10 Å². The number of hydrogen-bond donors (Lipinski definition) is 3. The molecule has 3 N–H and O–H groups in total. The number of carbonyl (C=O) groups is 2. The van der Waals surface area contributed by atoms with E-state index in [0.29, 0.717) is 0 Å². The Morgan fingerprint density at radius 2 is 2.00 bits per heavy atom. The van der Waals surface area contributed by atoms with Crippen molar-refractivity contribution in [3.05, 3.63) is 35.0 Å². The normalized spacial score (nSPS) is 10.3. The number of aromatic carboxylic acids is 1. The molecule has 0 radical (unpaired) electrons. The number of amides is 1. The molecule has 2 rings (SSSR count). The molecular weight excluding hydrogens is 262 g/mol. The van der Waals surface area contributed by atoms with Gasteiger partial charge >= 0.3 is 5.97 Å². The van der Waals surface area contributed by atoms with Crippen LogP contribution >= 0.6 is 0 Å². The minimum Gasteiger partial charge on any atom is -0.476 e. The minimum atomic E-state index is -1.25. The number of carboxylic acids is 1. The first-order valence-electron chi connectivity index (χ1n) is 5.83. The number of rotatable bonds is 4. The number of carbonyl (C=O) groups excluding carboxylic acids is 1. The van der Waals surface area contributed by atoms with Gasteiger partial charge in [-0.3, -0.25) is 9.89 Å². The van der Waals surface area contributed by atoms with E-state index in [9.17, 15) is 9.59 Å². The van der Waals surface area contributed by atoms with Crippen LogP contribution in [0.15, 0.2) is 12.4 Å². The van der Waals surface area contributed by atoms with Crippen LogP contribution in [0.4, 0.5) is 5.82 Å². The summed E-state index contributed by atoms with van der Waals surface area (Å²) < 4.78 is 0. The number of aryl methyl sites for hydroxylation is 2. The Bertz CT molecular complexity index is 645. The zero-order chi connectivity index (χ0) is 14.7. The van der Waals surface area contributed by atoms with E-state index >= 15 is 0 Å². The Balaban J connectivity index is 2.15. The topological polar surface area (TPSA) is 121 Å². The second-order valence-corrected chi connectivity index (χ2v) is 4.20. The fourth-order valence-electron chi connectivity index (χ4n) is 1.76. The van der Waals surface area contributed by atoms with Crippen LogP contribution in [0.1, 0.15) is 27.4 Å². The van der Waals surface area contributed by atoms with Crippen LogP contribution in [0.2, 0.25) is 0 Å². The van der Waals surface area contributed by atoms with E-state index in [0.717, 1.165) is 17.0 Å². The van der Waals surface area contributed by atoms with Crippen LogP contribution in [-0.4, -0.2) is 37.1 Å². The van der Waals surface area contributed by atoms with E-state index in [1.54, 1.807) is 6.92 Å². The molecule has 0 bridgehead atoms. The molecule has 2 aromatic rings. The number of anilines is 1. The van der Waals surface area contributed by atoms with Gasteiger partial charge in [-0.05, 0) is 13.8 Å². The molecule has 0 atom stereocenters. The van der Waals surface area contributed by atoms with Crippen LogP contribution in [0, 0.1) is 13.8 Å². The van der Waals surface area contributed by atoms with Crippen molar-refractivity contribution >= 4 is 17.7 Å². The Morgan fingerprint density at radius 3 is 2.60 bits per heavy atom. The molecule has 0 aliphatic heterocycles. The number of nitrogens with one attached hydrogen (secondary N) is 2. The molecule has 8 nitrogen and oxygen atoms in total. The van der Waals surface area contributed by atoms with Gasteiger partial charge in [-0.1, -0.05) is 0 Å². The van der Waals surface area contributed by atoms with Gasteiger partial charge in [0.15, 0.2) is 11.5 Å². The average Bonchev–Trinajstić information content (AvgIpc) is 2.71. The van der Waals surface area contributed by atoms with Crippen LogP contribution in [0.5, 0.6) is 0 Å². The van der Waals surface area contributed by atoms with E-state index in [1.165, 1.54) is 12.4 Å². The standard InChI is InChI=1S/C12H13N5O3/c1-6-8(7(2)17-16-6)5-9(18)15-11-10(12(19)20)13-3-4-14-11/h3-4H,5H2,1-2H3,(H,16,17)(H,19,20)(H,14,15,18). The average molecular weight is 275 g/mol. The maximum Gasteiger partial charge on any atom is 0.358 e. The highest BCUT2D eigenvalue weighted by Gasteiger charge is 2.17. The molecule has 2 heterocycles. The Kier molecular flexibility index (Phi) is 3.74. The Hall–Kier alpha value is -2.77. The second kappa shape index (κ2) is 5.47. The zero-order valence-electron chi connectivity index (χ0n) is 11.0. The summed E-state index contributed by atoms with van der Waals surface area (Å²) in [5.74, 6) is -1.69. The molecule has 0 saturated carbocycles. The van der Waals surface area contributed by atoms with Gasteiger partial charge in [0, 0.05) is 23.7 Å². The lowest BCUT2D eigenvalue weighted by Gasteiger charge is -2.06. The second-order valence-electron chi connectivity index (χ2n) is 4.20. The highest BCUT2D eigenvalue weighted by molar-refractivity contribution is 5.98. The molecule has 0 aliphatic carbocycles. The van der Waals surface area contributed by atoms with Gasteiger partial charge in [-0.25, -0.2) is 14.8 Å². The first-order valence-corrected chi connectivity index (χ1v) is 5.83. The molecule has 0 unspecified atom stereocenters. The van der Waals surface area contributed by atoms with Crippen molar-refractivity contribution in [3.8, 4) is 0 Å². The van der Waals surface area contributed by atoms with Gasteiger partial charge in [-0.15, -0.1) is 0 Å². The van der Waals surface area contributed by atoms with E-state index in [1.807, 2.05) is 6.92 Å². The summed E-state index contributed by atoms with van der Waals surface area (Å²) in [5.41, 5.74) is 2.02. The zero-order valence-corrected chi connectivity index (χ0v) is 11.0. The van der Waals surface area contributed by atoms with Crippen LogP contribution in [0.25, 0.3) is 0 Å². The van der Waals surface area contributed by atoms with Crippen LogP contribution in [-0.2, 0) is 11.2 Å². The van der Waals surface area contributed by atoms with Crippen molar-refractivity contribution in [2.24, 2.45) is 0 Å². The first kappa shape index (κ1) is 13.7. The van der Waals surface area contributed by atoms with Gasteiger partial charge in [0.25, 0.3) is 0 Å². The molecule has 0 fully saturated rings. The number of carboxylic acid groups (broad SMARTS) is 1. The Morgan fingerprint density at radius 1 is 1.30 bits per heavy atom. The van der Waals surface area contributed by atoms with Crippen molar-refractivity contribution < 1.29 is 14.7 Å². The predicted octanol–water partition coefficient (Wildman–Crippen LogP) is 0.696. The molecule has 0 saturated heterocycles. The van der Waals surface area contributed by atoms with Gasteiger partial charge in [0.1, 0.15) is 0 Å². The molecule has 20 heavy (non-hydrogen) atoms. The fourth-order valence-corrected chi connectivity index (χ4v) is 1.76. The molecule has 8 heteroatoms. The number of H-pyrrole nitrogens is 1. The molecule has 1 amide bonds. The van der Waals surface area contributed by atoms with Crippen molar-refractivity contribution in [1.82, 2.24) is 20.2 Å². The maximum absolute atomic E-state index is 11.9. The summed E-state index contributed by atoms with van der Waals surface area (Å²) in [5, 5.41) is 18.2. The molecule has 2 aromatic heterocycles. The van der Waals surface area contributed by atoms with Gasteiger partial charge < -0.3 is 10.4 Å². The van der Waals surface area contributed by atoms with E-state index < -0.39 is 5.97 Å². The van der Waals surface area contributed by atoms with Crippen LogP contribution in [0.3, 0.4) is 0 Å². The maximum atomic E-state index is 11.9. The molecule has 104 valence electrons. The summed E-state index contributed by atoms with van der Waals surface area (Å²) in [6, 6.07) is 0. The van der Waals surface area contributed by atoms with E-state index in [2.05, 4.69) is 25.5 Å². The van der Waals surface area contributed by atoms with E-state index in [-0.39, 0.29) is 23.8 Å². The quantitative estimate of drug-likeness (QED) is 0.755. The number of nitrogens with zero attached hydrogens (tertiary/aromatic N) is 3. The lowest BCUT2D eigenvalue weighted by molar-refractivity contribution is -0.115. The highest BCUT2D eigenvalue weighted by Crippen LogP contribution is 2.13. The Labute approximate surface area is 114 Å².